The van der Waals surface area contributed by atoms with Gasteiger partial charge < -0.3 is 15.8 Å². The summed E-state index contributed by atoms with van der Waals surface area (Å²) in [4.78, 5) is 15.6. The summed E-state index contributed by atoms with van der Waals surface area (Å²) in [5.41, 5.74) is 7.46. The zero-order valence-electron chi connectivity index (χ0n) is 12.1. The van der Waals surface area contributed by atoms with Crippen molar-refractivity contribution in [1.82, 2.24) is 0 Å². The Labute approximate surface area is 119 Å². The second kappa shape index (κ2) is 7.99. The molecule has 5 nitrogen and oxygen atoms in total. The molecule has 0 saturated carbocycles. The van der Waals surface area contributed by atoms with E-state index in [4.69, 9.17) is 10.5 Å². The number of nitrogens with zero attached hydrogens (tertiary/aromatic N) is 1. The normalized spacial score (nSPS) is 11.7. The summed E-state index contributed by atoms with van der Waals surface area (Å²) in [5.74, 6) is 0.564. The van der Waals surface area contributed by atoms with E-state index in [-0.39, 0.29) is 5.78 Å². The Kier molecular flexibility index (Phi) is 6.29. The van der Waals surface area contributed by atoms with Crippen molar-refractivity contribution in [2.45, 2.75) is 20.3 Å². The van der Waals surface area contributed by atoms with E-state index in [1.165, 1.54) is 13.1 Å². The van der Waals surface area contributed by atoms with Crippen LogP contribution in [0, 0.1) is 0 Å². The number of carbonyl (C=O) groups is 1. The lowest BCUT2D eigenvalue weighted by molar-refractivity contribution is 0.101. The van der Waals surface area contributed by atoms with Crippen molar-refractivity contribution in [3.8, 4) is 5.75 Å². The fourth-order valence-electron chi connectivity index (χ4n) is 1.64. The number of anilines is 1. The zero-order valence-corrected chi connectivity index (χ0v) is 12.1. The number of benzene rings is 1. The third kappa shape index (κ3) is 4.42. The van der Waals surface area contributed by atoms with Crippen molar-refractivity contribution in [1.29, 1.82) is 0 Å². The van der Waals surface area contributed by atoms with Crippen LogP contribution in [0.5, 0.6) is 5.75 Å². The van der Waals surface area contributed by atoms with Gasteiger partial charge in [0, 0.05) is 25.1 Å². The number of ketones is 1. The fourth-order valence-corrected chi connectivity index (χ4v) is 1.64. The van der Waals surface area contributed by atoms with Crippen molar-refractivity contribution in [3.05, 3.63) is 35.7 Å². The second-order valence-corrected chi connectivity index (χ2v) is 4.25. The van der Waals surface area contributed by atoms with E-state index in [1.807, 2.05) is 13.0 Å². The number of aliphatic imine (C=N–C) groups is 1. The predicted octanol–water partition coefficient (Wildman–Crippen LogP) is 2.59. The first-order valence-electron chi connectivity index (χ1n) is 6.51. The minimum Gasteiger partial charge on any atom is -0.493 e. The van der Waals surface area contributed by atoms with Gasteiger partial charge in [0.15, 0.2) is 5.78 Å². The molecule has 3 N–H and O–H groups in total. The summed E-state index contributed by atoms with van der Waals surface area (Å²) in [6.45, 7) is 4.13. The van der Waals surface area contributed by atoms with Crippen molar-refractivity contribution in [2.24, 2.45) is 10.7 Å². The first kappa shape index (κ1) is 15.8. The van der Waals surface area contributed by atoms with Crippen molar-refractivity contribution >= 4 is 17.7 Å². The Morgan fingerprint density at radius 3 is 2.80 bits per heavy atom. The molecular weight excluding hydrogens is 254 g/mol. The lowest BCUT2D eigenvalue weighted by atomic mass is 10.1. The summed E-state index contributed by atoms with van der Waals surface area (Å²) in [7, 11) is 1.66. The maximum absolute atomic E-state index is 11.7. The molecule has 20 heavy (non-hydrogen) atoms. The van der Waals surface area contributed by atoms with Gasteiger partial charge in [0.1, 0.15) is 5.75 Å². The van der Waals surface area contributed by atoms with Crippen LogP contribution in [0.4, 0.5) is 5.69 Å². The molecule has 5 heteroatoms. The first-order valence-corrected chi connectivity index (χ1v) is 6.51. The summed E-state index contributed by atoms with van der Waals surface area (Å²) in [5, 5.41) is 3.09. The maximum Gasteiger partial charge on any atom is 0.163 e. The van der Waals surface area contributed by atoms with Gasteiger partial charge in [-0.25, -0.2) is 0 Å². The second-order valence-electron chi connectivity index (χ2n) is 4.25. The number of Topliss-reactive ketones (excluding diaryl/α,β-unsaturated/α-hetero) is 1. The molecule has 0 aliphatic rings. The van der Waals surface area contributed by atoms with Crippen LogP contribution in [0.3, 0.4) is 0 Å². The van der Waals surface area contributed by atoms with Gasteiger partial charge in [-0.05, 0) is 31.5 Å². The van der Waals surface area contributed by atoms with E-state index in [1.54, 1.807) is 25.4 Å². The van der Waals surface area contributed by atoms with E-state index in [2.05, 4.69) is 10.3 Å². The van der Waals surface area contributed by atoms with Crippen molar-refractivity contribution in [2.75, 3.05) is 19.0 Å². The number of hydrogen-bond donors (Lipinski definition) is 2. The van der Waals surface area contributed by atoms with E-state index in [9.17, 15) is 4.79 Å². The molecule has 0 atom stereocenters. The molecule has 0 unspecified atom stereocenters. The highest BCUT2D eigenvalue weighted by Crippen LogP contribution is 2.24. The van der Waals surface area contributed by atoms with Crippen LogP contribution in [0.15, 0.2) is 35.1 Å². The minimum atomic E-state index is -0.0396. The number of allylic oxidation sites excluding steroid dienone is 1. The molecule has 0 fully saturated rings. The van der Waals surface area contributed by atoms with Crippen LogP contribution in [0.25, 0.3) is 0 Å². The van der Waals surface area contributed by atoms with Gasteiger partial charge in [0.25, 0.3) is 0 Å². The van der Waals surface area contributed by atoms with Gasteiger partial charge in [0.05, 0.1) is 17.9 Å². The Bertz CT molecular complexity index is 522. The molecular formula is C15H21N3O2. The molecule has 0 aromatic heterocycles. The number of rotatable bonds is 7. The highest BCUT2D eigenvalue weighted by atomic mass is 16.5. The van der Waals surface area contributed by atoms with Crippen molar-refractivity contribution < 1.29 is 9.53 Å². The van der Waals surface area contributed by atoms with Crippen LogP contribution in [0.2, 0.25) is 0 Å². The van der Waals surface area contributed by atoms with Gasteiger partial charge >= 0.3 is 0 Å². The van der Waals surface area contributed by atoms with Crippen molar-refractivity contribution in [3.63, 3.8) is 0 Å². The maximum atomic E-state index is 11.7. The van der Waals surface area contributed by atoms with Crippen LogP contribution >= 0.6 is 0 Å². The quantitative estimate of drug-likeness (QED) is 0.592. The number of hydrogen-bond acceptors (Lipinski definition) is 5. The molecule has 1 aromatic rings. The van der Waals surface area contributed by atoms with E-state index >= 15 is 0 Å². The number of nitrogens with one attached hydrogen (secondary N) is 1. The third-order valence-corrected chi connectivity index (χ3v) is 2.56. The average Bonchev–Trinajstić information content (AvgIpc) is 2.45. The van der Waals surface area contributed by atoms with Crippen LogP contribution in [0.1, 0.15) is 30.6 Å². The lowest BCUT2D eigenvalue weighted by Gasteiger charge is -2.12. The van der Waals surface area contributed by atoms with Gasteiger partial charge in [-0.1, -0.05) is 6.92 Å². The average molecular weight is 275 g/mol. The van der Waals surface area contributed by atoms with E-state index < -0.39 is 0 Å². The molecule has 1 aromatic carbocycles. The minimum absolute atomic E-state index is 0.0396. The molecule has 0 aliphatic carbocycles. The molecule has 108 valence electrons. The molecule has 1 rings (SSSR count). The number of ether oxygens (including phenoxy) is 1. The summed E-state index contributed by atoms with van der Waals surface area (Å²) in [6.07, 6.45) is 3.92. The first-order chi connectivity index (χ1) is 9.62. The van der Waals surface area contributed by atoms with E-state index in [0.29, 0.717) is 23.6 Å². The smallest absolute Gasteiger partial charge is 0.163 e. The Hall–Kier alpha value is -2.30. The van der Waals surface area contributed by atoms with Crippen LogP contribution < -0.4 is 15.8 Å². The van der Waals surface area contributed by atoms with Gasteiger partial charge in [0.2, 0.25) is 0 Å². The summed E-state index contributed by atoms with van der Waals surface area (Å²) >= 11 is 0. The van der Waals surface area contributed by atoms with Crippen LogP contribution in [-0.2, 0) is 0 Å². The fraction of sp³-hybridized carbons (Fsp3) is 0.333. The largest absolute Gasteiger partial charge is 0.493 e. The predicted molar refractivity (Wildman–Crippen MR) is 82.5 cm³/mol. The topological polar surface area (TPSA) is 76.7 Å². The molecule has 0 aliphatic heterocycles. The van der Waals surface area contributed by atoms with E-state index in [0.717, 1.165) is 12.1 Å². The Balaban J connectivity index is 3.01. The van der Waals surface area contributed by atoms with Gasteiger partial charge in [-0.2, -0.15) is 0 Å². The zero-order chi connectivity index (χ0) is 15.0. The Morgan fingerprint density at radius 1 is 1.50 bits per heavy atom. The van der Waals surface area contributed by atoms with Gasteiger partial charge in [-0.15, -0.1) is 0 Å². The SMILES string of the molecule is CCCOc1ccc(NC(C=NC)=CN)cc1C(C)=O. The highest BCUT2D eigenvalue weighted by molar-refractivity contribution is 5.98. The highest BCUT2D eigenvalue weighted by Gasteiger charge is 2.10. The van der Waals surface area contributed by atoms with Crippen LogP contribution in [-0.4, -0.2) is 25.7 Å². The summed E-state index contributed by atoms with van der Waals surface area (Å²) in [6, 6.07) is 5.37. The summed E-state index contributed by atoms with van der Waals surface area (Å²) < 4.78 is 5.57. The lowest BCUT2D eigenvalue weighted by Crippen LogP contribution is -2.06. The van der Waals surface area contributed by atoms with Gasteiger partial charge in [-0.3, -0.25) is 9.79 Å². The molecule has 0 bridgehead atoms. The monoisotopic (exact) mass is 275 g/mol. The molecule has 0 heterocycles. The number of nitrogens with two attached hydrogens (primary N) is 1. The molecule has 0 radical (unpaired) electrons. The molecule has 0 amide bonds. The third-order valence-electron chi connectivity index (χ3n) is 2.56. The standard InChI is InChI=1S/C15H21N3O2/c1-4-7-20-15-6-5-12(8-14(15)11(2)19)18-13(9-16)10-17-3/h5-6,8-10,18H,4,7,16H2,1-3H3. The number of carbonyl (C=O) groups excluding carboxylic acids is 1. The Morgan fingerprint density at radius 2 is 2.25 bits per heavy atom. The molecule has 0 saturated heterocycles. The molecule has 0 spiro atoms.